The molecule has 17 heavy (non-hydrogen) atoms. The van der Waals surface area contributed by atoms with Crippen molar-refractivity contribution in [3.05, 3.63) is 52.3 Å². The number of aryl methyl sites for hydroxylation is 2. The minimum Gasteiger partial charge on any atom is -0.326 e. The van der Waals surface area contributed by atoms with Gasteiger partial charge in [0.2, 0.25) is 0 Å². The van der Waals surface area contributed by atoms with Crippen molar-refractivity contribution in [3.8, 4) is 0 Å². The van der Waals surface area contributed by atoms with Gasteiger partial charge < -0.3 is 5.73 Å². The standard InChI is InChI=1S/C14H19N3/c1-10-4-5-11(2)13(6-10)9-17-12(3)14(7-15)8-16-17/h4-6,8H,7,9,15H2,1-3H3. The summed E-state index contributed by atoms with van der Waals surface area (Å²) in [4.78, 5) is 0. The summed E-state index contributed by atoms with van der Waals surface area (Å²) in [6, 6.07) is 6.52. The molecule has 1 aromatic heterocycles. The first-order valence-electron chi connectivity index (χ1n) is 5.89. The van der Waals surface area contributed by atoms with Crippen molar-refractivity contribution in [1.29, 1.82) is 0 Å². The lowest BCUT2D eigenvalue weighted by Gasteiger charge is -2.09. The third-order valence-electron chi connectivity index (χ3n) is 3.25. The highest BCUT2D eigenvalue weighted by atomic mass is 15.3. The lowest BCUT2D eigenvalue weighted by molar-refractivity contribution is 0.660. The Hall–Kier alpha value is -1.61. The Morgan fingerprint density at radius 1 is 1.18 bits per heavy atom. The minimum atomic E-state index is 0.554. The molecule has 0 fully saturated rings. The van der Waals surface area contributed by atoms with Gasteiger partial charge >= 0.3 is 0 Å². The molecule has 0 amide bonds. The molecule has 0 saturated carbocycles. The summed E-state index contributed by atoms with van der Waals surface area (Å²) < 4.78 is 2.02. The SMILES string of the molecule is Cc1ccc(C)c(Cn2ncc(CN)c2C)c1. The highest BCUT2D eigenvalue weighted by Gasteiger charge is 2.06. The molecule has 0 unspecified atom stereocenters. The van der Waals surface area contributed by atoms with Crippen molar-refractivity contribution in [3.63, 3.8) is 0 Å². The molecule has 90 valence electrons. The molecule has 0 spiro atoms. The van der Waals surface area contributed by atoms with Gasteiger partial charge in [0, 0.05) is 17.8 Å². The van der Waals surface area contributed by atoms with E-state index in [1.165, 1.54) is 16.7 Å². The molecular weight excluding hydrogens is 210 g/mol. The van der Waals surface area contributed by atoms with E-state index < -0.39 is 0 Å². The summed E-state index contributed by atoms with van der Waals surface area (Å²) in [5.41, 5.74) is 11.9. The smallest absolute Gasteiger partial charge is 0.0665 e. The van der Waals surface area contributed by atoms with Crippen molar-refractivity contribution in [1.82, 2.24) is 9.78 Å². The largest absolute Gasteiger partial charge is 0.326 e. The third-order valence-corrected chi connectivity index (χ3v) is 3.25. The van der Waals surface area contributed by atoms with Crippen LogP contribution in [0.5, 0.6) is 0 Å². The molecule has 0 radical (unpaired) electrons. The molecular formula is C14H19N3. The molecule has 0 atom stereocenters. The molecule has 1 heterocycles. The van der Waals surface area contributed by atoms with E-state index in [1.807, 2.05) is 10.9 Å². The van der Waals surface area contributed by atoms with E-state index in [9.17, 15) is 0 Å². The summed E-state index contributed by atoms with van der Waals surface area (Å²) >= 11 is 0. The van der Waals surface area contributed by atoms with Crippen LogP contribution in [0.25, 0.3) is 0 Å². The van der Waals surface area contributed by atoms with Gasteiger partial charge in [-0.2, -0.15) is 5.10 Å². The molecule has 1 aromatic carbocycles. The molecule has 0 aliphatic rings. The first-order chi connectivity index (χ1) is 8.11. The van der Waals surface area contributed by atoms with Crippen LogP contribution in [-0.2, 0) is 13.1 Å². The Kier molecular flexibility index (Phi) is 3.29. The van der Waals surface area contributed by atoms with Gasteiger partial charge in [-0.1, -0.05) is 23.8 Å². The summed E-state index contributed by atoms with van der Waals surface area (Å²) in [6.07, 6.45) is 1.86. The van der Waals surface area contributed by atoms with E-state index in [4.69, 9.17) is 5.73 Å². The van der Waals surface area contributed by atoms with E-state index in [-0.39, 0.29) is 0 Å². The molecule has 3 heteroatoms. The maximum absolute atomic E-state index is 5.66. The second kappa shape index (κ2) is 4.72. The Bertz CT molecular complexity index is 526. The molecule has 2 rings (SSSR count). The number of rotatable bonds is 3. The highest BCUT2D eigenvalue weighted by Crippen LogP contribution is 2.14. The predicted octanol–water partition coefficient (Wildman–Crippen LogP) is 2.32. The Balaban J connectivity index is 2.31. The second-order valence-corrected chi connectivity index (χ2v) is 4.55. The number of aromatic nitrogens is 2. The van der Waals surface area contributed by atoms with Gasteiger partial charge in [0.25, 0.3) is 0 Å². The van der Waals surface area contributed by atoms with E-state index in [0.29, 0.717) is 6.54 Å². The van der Waals surface area contributed by atoms with Gasteiger partial charge in [0.1, 0.15) is 0 Å². The Labute approximate surface area is 102 Å². The molecule has 0 aliphatic heterocycles. The van der Waals surface area contributed by atoms with Gasteiger partial charge in [-0.25, -0.2) is 0 Å². The van der Waals surface area contributed by atoms with Crippen molar-refractivity contribution >= 4 is 0 Å². The lowest BCUT2D eigenvalue weighted by atomic mass is 10.1. The second-order valence-electron chi connectivity index (χ2n) is 4.55. The topological polar surface area (TPSA) is 43.8 Å². The molecule has 0 bridgehead atoms. The van der Waals surface area contributed by atoms with Crippen LogP contribution in [0.4, 0.5) is 0 Å². The van der Waals surface area contributed by atoms with Gasteiger partial charge in [0.05, 0.1) is 12.7 Å². The van der Waals surface area contributed by atoms with E-state index in [0.717, 1.165) is 17.8 Å². The van der Waals surface area contributed by atoms with Crippen molar-refractivity contribution in [2.45, 2.75) is 33.9 Å². The first kappa shape index (κ1) is 11.9. The normalized spacial score (nSPS) is 10.8. The molecule has 2 N–H and O–H groups in total. The van der Waals surface area contributed by atoms with E-state index in [1.54, 1.807) is 0 Å². The first-order valence-corrected chi connectivity index (χ1v) is 5.89. The van der Waals surface area contributed by atoms with Gasteiger partial charge in [0.15, 0.2) is 0 Å². The fourth-order valence-electron chi connectivity index (χ4n) is 1.98. The number of nitrogens with two attached hydrogens (primary N) is 1. The average molecular weight is 229 g/mol. The minimum absolute atomic E-state index is 0.554. The number of hydrogen-bond acceptors (Lipinski definition) is 2. The van der Waals surface area contributed by atoms with Crippen LogP contribution in [-0.4, -0.2) is 9.78 Å². The van der Waals surface area contributed by atoms with Crippen molar-refractivity contribution < 1.29 is 0 Å². The van der Waals surface area contributed by atoms with Gasteiger partial charge in [-0.15, -0.1) is 0 Å². The zero-order chi connectivity index (χ0) is 12.4. The summed E-state index contributed by atoms with van der Waals surface area (Å²) in [5.74, 6) is 0. The molecule has 0 saturated heterocycles. The zero-order valence-corrected chi connectivity index (χ0v) is 10.7. The van der Waals surface area contributed by atoms with Crippen LogP contribution in [0.1, 0.15) is 27.9 Å². The fraction of sp³-hybridized carbons (Fsp3) is 0.357. The quantitative estimate of drug-likeness (QED) is 0.877. The molecule has 3 nitrogen and oxygen atoms in total. The highest BCUT2D eigenvalue weighted by molar-refractivity contribution is 5.31. The van der Waals surface area contributed by atoms with E-state index >= 15 is 0 Å². The van der Waals surface area contributed by atoms with Gasteiger partial charge in [-0.3, -0.25) is 4.68 Å². The zero-order valence-electron chi connectivity index (χ0n) is 10.7. The number of benzene rings is 1. The number of hydrogen-bond donors (Lipinski definition) is 1. The maximum Gasteiger partial charge on any atom is 0.0665 e. The third kappa shape index (κ3) is 2.39. The van der Waals surface area contributed by atoms with E-state index in [2.05, 4.69) is 44.1 Å². The average Bonchev–Trinajstić information content (AvgIpc) is 2.65. The van der Waals surface area contributed by atoms with Crippen LogP contribution in [0.2, 0.25) is 0 Å². The fourth-order valence-corrected chi connectivity index (χ4v) is 1.98. The van der Waals surface area contributed by atoms with Crippen LogP contribution in [0.3, 0.4) is 0 Å². The Morgan fingerprint density at radius 2 is 1.94 bits per heavy atom. The van der Waals surface area contributed by atoms with Crippen LogP contribution in [0, 0.1) is 20.8 Å². The molecule has 2 aromatic rings. The van der Waals surface area contributed by atoms with Crippen LogP contribution < -0.4 is 5.73 Å². The Morgan fingerprint density at radius 3 is 2.59 bits per heavy atom. The summed E-state index contributed by atoms with van der Waals surface area (Å²) in [7, 11) is 0. The van der Waals surface area contributed by atoms with Gasteiger partial charge in [-0.05, 0) is 31.9 Å². The van der Waals surface area contributed by atoms with Crippen molar-refractivity contribution in [2.24, 2.45) is 5.73 Å². The molecule has 0 aliphatic carbocycles. The monoisotopic (exact) mass is 229 g/mol. The van der Waals surface area contributed by atoms with Crippen LogP contribution >= 0.6 is 0 Å². The van der Waals surface area contributed by atoms with Crippen LogP contribution in [0.15, 0.2) is 24.4 Å². The maximum atomic E-state index is 5.66. The predicted molar refractivity (Wildman–Crippen MR) is 69.9 cm³/mol. The summed E-state index contributed by atoms with van der Waals surface area (Å²) in [5, 5.41) is 4.39. The number of nitrogens with zero attached hydrogens (tertiary/aromatic N) is 2. The summed E-state index contributed by atoms with van der Waals surface area (Å²) in [6.45, 7) is 7.69. The lowest BCUT2D eigenvalue weighted by Crippen LogP contribution is -2.06. The van der Waals surface area contributed by atoms with Crippen molar-refractivity contribution in [2.75, 3.05) is 0 Å².